The summed E-state index contributed by atoms with van der Waals surface area (Å²) in [4.78, 5) is 80.3. The number of aliphatic hydroxyl groups excluding tert-OH is 5. The van der Waals surface area contributed by atoms with Crippen LogP contribution in [0.2, 0.25) is 0 Å². The van der Waals surface area contributed by atoms with Crippen LogP contribution in [0.1, 0.15) is 50.5 Å². The normalized spacial score (nSPS) is 33.4. The van der Waals surface area contributed by atoms with Gasteiger partial charge in [0.2, 0.25) is 5.95 Å². The van der Waals surface area contributed by atoms with Gasteiger partial charge < -0.3 is 132 Å². The van der Waals surface area contributed by atoms with Gasteiger partial charge in [-0.1, -0.05) is 59.2 Å². The smallest absolute Gasteiger partial charge is 0.368 e. The Morgan fingerprint density at radius 2 is 0.822 bits per heavy atom. The maximum absolute atomic E-state index is 13.6. The molecule has 0 spiro atoms. The zero-order chi connectivity index (χ0) is 88.8. The van der Waals surface area contributed by atoms with Crippen molar-refractivity contribution in [1.82, 2.24) is 58.0 Å². The molecule has 5 saturated heterocycles. The molecule has 5 aliphatic rings. The summed E-state index contributed by atoms with van der Waals surface area (Å²) in [5, 5.41) is 102. The van der Waals surface area contributed by atoms with Gasteiger partial charge in [-0.15, -0.1) is 0 Å². The molecule has 5 aromatic heterocycles. The highest BCUT2D eigenvalue weighted by atomic mass is 19.1. The Kier molecular flexibility index (Phi) is 24.2. The van der Waals surface area contributed by atoms with Crippen LogP contribution in [0.3, 0.4) is 0 Å². The monoisotopic (exact) mass is 1530 g/mol. The van der Waals surface area contributed by atoms with Gasteiger partial charge in [0.25, 0.3) is 0 Å². The van der Waals surface area contributed by atoms with Crippen LogP contribution in [-0.2, 0) is 23.7 Å². The Bertz CT molecular complexity index is 4810. The van der Waals surface area contributed by atoms with Crippen molar-refractivity contribution in [1.29, 1.82) is 0 Å². The van der Waals surface area contributed by atoms with Gasteiger partial charge in [-0.25, -0.2) is 55.3 Å². The highest BCUT2D eigenvalue weighted by Gasteiger charge is 2.59. The van der Waals surface area contributed by atoms with Crippen LogP contribution in [0.15, 0.2) is 61.0 Å². The summed E-state index contributed by atoms with van der Waals surface area (Å²) in [7, 11) is 0. The molecule has 42 nitrogen and oxygen atoms in total. The second-order valence-corrected chi connectivity index (χ2v) is 22.3. The van der Waals surface area contributed by atoms with E-state index in [2.05, 4.69) is 64.6 Å². The lowest BCUT2D eigenvalue weighted by Crippen LogP contribution is -2.55. The highest BCUT2D eigenvalue weighted by molar-refractivity contribution is 5.34. The van der Waals surface area contributed by atoms with Gasteiger partial charge in [0, 0.05) is 11.9 Å². The fraction of sp³-hybridized carbons (Fsp3) is 0.525. The standard InChI is InChI=1S/C13H17FN4O4.C12H14F2N4O4.C12H15FN4O4.2C11H14FN5O4/c1-7-5-9(15)17-12(21)18(7)11-13(16,3-2-4-14)10(20)8(6-19)22-11;13-3-1-2-12(16)8(20)7(5-19)22-10(12)18-4-6(14)9(15)17-11(18)21;13-4-1-3-12(15)9(19)7(6-18)21-10(12)17-5-2-8(14)16-11(17)20;12-3-1-2-11(14)8(19)6(5-18)21-9(11)17-10(20)16-7(13)4-15-17;12-3-1-2-11(14)7(19)6(4-18)21-8(11)17-5-15-9(13)16-10(17)20/h5,8,10-11,19-20H,4,6,16H2,1H3,(H2,15,17,21);4,7-8,10,19-20H,3,5,16H2,(H2,15,17,21);2,5,7,9-10,18-19H,4,6,15H2,(H2,14,16,20);4,6,8-9,18-19H,3,5,14H2,(H2,13,16,20);5-8,18-19H,3-4,14H2,(H2,13,16,20)/t8-,10+,11-,13?;7-,8+,10-,12?;7-,9+,10-,12?;6-,8+,9-,11?;6-,7+,8-,11?/m11111/s1/i6D2;5D2;6D2;5D2;4D2. The molecule has 0 aromatic carbocycles. The third kappa shape index (κ3) is 18.1. The number of aliphatic hydroxyl groups is 10. The van der Waals surface area contributed by atoms with Crippen molar-refractivity contribution in [3.05, 3.63) is 101 Å². The number of rotatable bonds is 10. The summed E-state index contributed by atoms with van der Waals surface area (Å²) in [6, 6.07) is 2.59. The molecule has 20 atom stereocenters. The van der Waals surface area contributed by atoms with Gasteiger partial charge >= 0.3 is 28.4 Å². The zero-order valence-electron chi connectivity index (χ0n) is 64.6. The number of halogens is 6. The molecular weight excluding hydrogens is 1450 g/mol. The van der Waals surface area contributed by atoms with Crippen LogP contribution >= 0.6 is 0 Å². The van der Waals surface area contributed by atoms with Gasteiger partial charge in [0.1, 0.15) is 118 Å². The molecule has 5 unspecified atom stereocenters. The fourth-order valence-corrected chi connectivity index (χ4v) is 10.3. The van der Waals surface area contributed by atoms with Crippen molar-refractivity contribution < 1.29 is 115 Å². The lowest BCUT2D eigenvalue weighted by molar-refractivity contribution is -0.0528. The first-order valence-corrected chi connectivity index (χ1v) is 29.6. The van der Waals surface area contributed by atoms with Gasteiger partial charge in [0.05, 0.1) is 58.9 Å². The molecule has 30 N–H and O–H groups in total. The molecule has 0 amide bonds. The van der Waals surface area contributed by atoms with E-state index in [9.17, 15) is 101 Å². The van der Waals surface area contributed by atoms with Crippen LogP contribution in [0.4, 0.5) is 55.6 Å². The molecule has 48 heteroatoms. The van der Waals surface area contributed by atoms with Crippen molar-refractivity contribution in [2.75, 3.05) is 94.8 Å². The summed E-state index contributed by atoms with van der Waals surface area (Å²) in [5.74, 6) is 18.6. The molecule has 0 bridgehead atoms. The summed E-state index contributed by atoms with van der Waals surface area (Å²) >= 11 is 0. The third-order valence-electron chi connectivity index (χ3n) is 15.4. The lowest BCUT2D eigenvalue weighted by Gasteiger charge is -2.28. The number of nitrogens with two attached hydrogens (primary N) is 10. The molecule has 0 saturated carbocycles. The predicted molar refractivity (Wildman–Crippen MR) is 353 cm³/mol. The second kappa shape index (κ2) is 36.4. The molecule has 10 rings (SSSR count). The minimum absolute atomic E-state index is 0.0567. The molecule has 0 radical (unpaired) electrons. The molecule has 10 heterocycles. The third-order valence-corrected chi connectivity index (χ3v) is 15.4. The summed E-state index contributed by atoms with van der Waals surface area (Å²) < 4.78 is 178. The number of nitrogen functional groups attached to an aromatic ring is 5. The predicted octanol–water partition coefficient (Wildman–Crippen LogP) is -12.0. The number of hydrogen-bond acceptors (Lipinski definition) is 37. The zero-order valence-corrected chi connectivity index (χ0v) is 54.6. The first kappa shape index (κ1) is 71.1. The van der Waals surface area contributed by atoms with Crippen LogP contribution < -0.4 is 85.8 Å². The van der Waals surface area contributed by atoms with Gasteiger partial charge in [-0.05, 0) is 19.1 Å². The summed E-state index contributed by atoms with van der Waals surface area (Å²) in [5.41, 5.74) is 41.1. The van der Waals surface area contributed by atoms with E-state index in [4.69, 9.17) is 94.7 Å². The fourth-order valence-electron chi connectivity index (χ4n) is 10.3. The van der Waals surface area contributed by atoms with E-state index in [0.29, 0.717) is 15.4 Å². The maximum Gasteiger partial charge on any atom is 0.368 e. The Morgan fingerprint density at radius 1 is 0.477 bits per heavy atom. The van der Waals surface area contributed by atoms with Crippen molar-refractivity contribution in [2.24, 2.45) is 28.7 Å². The van der Waals surface area contributed by atoms with Gasteiger partial charge in [0.15, 0.2) is 70.5 Å². The number of nitrogens with zero attached hydrogens (tertiary/aromatic N) is 12. The van der Waals surface area contributed by atoms with Crippen molar-refractivity contribution in [2.45, 2.75) is 127 Å². The molecule has 582 valence electrons. The van der Waals surface area contributed by atoms with E-state index in [0.717, 1.165) is 32.4 Å². The van der Waals surface area contributed by atoms with E-state index in [1.807, 2.05) is 29.6 Å². The Morgan fingerprint density at radius 3 is 1.21 bits per heavy atom. The van der Waals surface area contributed by atoms with E-state index in [-0.39, 0.29) is 29.1 Å². The van der Waals surface area contributed by atoms with Crippen LogP contribution in [0.25, 0.3) is 0 Å². The van der Waals surface area contributed by atoms with E-state index in [1.54, 1.807) is 0 Å². The van der Waals surface area contributed by atoms with Crippen LogP contribution in [0.5, 0.6) is 0 Å². The topological polar surface area (TPSA) is 709 Å². The SMILES string of the molecule is [2H]C([2H])(O)[C@H]1O[C@@H](n2c(C)cc(N)nc2=O)C(N)(C#CCF)[C@H]1O.[2H]C([2H])(O)[C@H]1O[C@@H](n2cc(F)c(N)nc2=O)C(N)(C#CCF)[C@H]1O.[2H]C([2H])(O)[C@H]1O[C@@H](n2ccc(N)nc2=O)C(N)(C#CCF)[C@H]1O.[2H]C([2H])(O)[C@H]1O[C@@H](n2cnc(N)nc2=O)C(N)(C#CCF)[C@H]1O.[2H]C([2H])(O)[C@H]1O[C@@H](n2ncc(N)nc2=O)C(N)(C#CCF)[C@H]1O. The van der Waals surface area contributed by atoms with Crippen LogP contribution in [-0.4, -0.2) is 264 Å². The average molecular weight is 1540 g/mol. The summed E-state index contributed by atoms with van der Waals surface area (Å²) in [6.07, 6.45) is -22.9. The maximum atomic E-state index is 13.6. The highest BCUT2D eigenvalue weighted by Crippen LogP contribution is 2.40. The number of ether oxygens (including phenoxy) is 5. The van der Waals surface area contributed by atoms with Crippen molar-refractivity contribution in [3.63, 3.8) is 0 Å². The summed E-state index contributed by atoms with van der Waals surface area (Å²) in [6.45, 7) is -19.0. The molecule has 107 heavy (non-hydrogen) atoms. The average Bonchev–Trinajstić information content (AvgIpc) is 1.61. The second-order valence-electron chi connectivity index (χ2n) is 22.3. The first-order chi connectivity index (χ1) is 53.9. The van der Waals surface area contributed by atoms with Gasteiger partial charge in [-0.3, -0.25) is 18.3 Å². The number of hydrogen-bond donors (Lipinski definition) is 20. The van der Waals surface area contributed by atoms with E-state index >= 15 is 0 Å². The minimum Gasteiger partial charge on any atom is -0.394 e. The minimum atomic E-state index is -3.07. The van der Waals surface area contributed by atoms with Crippen LogP contribution in [0, 0.1) is 71.9 Å². The quantitative estimate of drug-likeness (QED) is 0.0456. The molecule has 0 aliphatic carbocycles. The van der Waals surface area contributed by atoms with Gasteiger partial charge in [-0.2, -0.15) is 34.7 Å². The molecule has 5 aromatic rings. The number of aryl methyl sites for hydroxylation is 1. The molecule has 5 aliphatic heterocycles. The lowest BCUT2D eigenvalue weighted by atomic mass is 9.91. The number of anilines is 5. The largest absolute Gasteiger partial charge is 0.394 e. The Labute approximate surface area is 611 Å². The first-order valence-electron chi connectivity index (χ1n) is 34.6. The van der Waals surface area contributed by atoms with E-state index in [1.165, 1.54) is 19.1 Å². The van der Waals surface area contributed by atoms with Crippen molar-refractivity contribution in [3.8, 4) is 59.2 Å². The number of alkyl halides is 5. The Balaban J connectivity index is 0.000000227. The van der Waals surface area contributed by atoms with E-state index < -0.39 is 226 Å². The molecular formula is C59H74F6N22O20. The van der Waals surface area contributed by atoms with Crippen molar-refractivity contribution >= 4 is 29.2 Å². The number of aromatic nitrogens is 12. The molecule has 5 fully saturated rings. The Hall–Kier alpha value is -10.2.